The Hall–Kier alpha value is -1.20. The van der Waals surface area contributed by atoms with Crippen LogP contribution in [0.4, 0.5) is 14.5 Å². The van der Waals surface area contributed by atoms with Gasteiger partial charge in [-0.25, -0.2) is 8.78 Å². The summed E-state index contributed by atoms with van der Waals surface area (Å²) >= 11 is 0. The molecule has 0 bridgehead atoms. The largest absolute Gasteiger partial charge is 0.394 e. The van der Waals surface area contributed by atoms with E-state index in [2.05, 4.69) is 0 Å². The number of benzene rings is 1. The third kappa shape index (κ3) is 3.14. The van der Waals surface area contributed by atoms with E-state index < -0.39 is 17.7 Å². The SMILES string of the molecule is CN(CC(O)CO)c1ccc(F)c(F)c1. The number of aliphatic hydroxyl groups is 2. The average Bonchev–Trinajstić information content (AvgIpc) is 2.21. The summed E-state index contributed by atoms with van der Waals surface area (Å²) in [4.78, 5) is 1.53. The summed E-state index contributed by atoms with van der Waals surface area (Å²) in [6.45, 7) is -0.213. The number of aliphatic hydroxyl groups excluding tert-OH is 2. The van der Waals surface area contributed by atoms with Crippen molar-refractivity contribution < 1.29 is 19.0 Å². The molecule has 84 valence electrons. The predicted octanol–water partition coefficient (Wildman–Crippen LogP) is 0.754. The number of hydrogen-bond donors (Lipinski definition) is 2. The molecule has 0 aliphatic carbocycles. The molecule has 2 N–H and O–H groups in total. The van der Waals surface area contributed by atoms with Crippen molar-refractivity contribution in [2.45, 2.75) is 6.10 Å². The first kappa shape index (κ1) is 11.9. The maximum absolute atomic E-state index is 12.8. The van der Waals surface area contributed by atoms with Gasteiger partial charge in [0, 0.05) is 25.3 Å². The Labute approximate surface area is 86.6 Å². The lowest BCUT2D eigenvalue weighted by molar-refractivity contribution is 0.101. The highest BCUT2D eigenvalue weighted by atomic mass is 19.2. The molecule has 3 nitrogen and oxygen atoms in total. The molecule has 0 aromatic heterocycles. The van der Waals surface area contributed by atoms with Crippen molar-refractivity contribution in [3.8, 4) is 0 Å². The lowest BCUT2D eigenvalue weighted by Gasteiger charge is -2.21. The zero-order chi connectivity index (χ0) is 11.4. The third-order valence-electron chi connectivity index (χ3n) is 2.04. The van der Waals surface area contributed by atoms with E-state index >= 15 is 0 Å². The number of halogens is 2. The molecule has 0 radical (unpaired) electrons. The molecule has 15 heavy (non-hydrogen) atoms. The first-order chi connectivity index (χ1) is 7.04. The number of hydrogen-bond acceptors (Lipinski definition) is 3. The molecule has 1 aromatic rings. The fourth-order valence-electron chi connectivity index (χ4n) is 1.20. The van der Waals surface area contributed by atoms with Crippen molar-refractivity contribution in [3.63, 3.8) is 0 Å². The molecule has 0 saturated carbocycles. The van der Waals surface area contributed by atoms with E-state index in [1.165, 1.54) is 11.0 Å². The highest BCUT2D eigenvalue weighted by Gasteiger charge is 2.09. The van der Waals surface area contributed by atoms with Gasteiger partial charge >= 0.3 is 0 Å². The van der Waals surface area contributed by atoms with Crippen LogP contribution in [0.1, 0.15) is 0 Å². The van der Waals surface area contributed by atoms with Gasteiger partial charge in [-0.15, -0.1) is 0 Å². The zero-order valence-electron chi connectivity index (χ0n) is 8.32. The molecule has 1 atom stereocenters. The van der Waals surface area contributed by atoms with Crippen LogP contribution in [0, 0.1) is 11.6 Å². The summed E-state index contributed by atoms with van der Waals surface area (Å²) in [5.41, 5.74) is 0.446. The monoisotopic (exact) mass is 217 g/mol. The van der Waals surface area contributed by atoms with Crippen molar-refractivity contribution in [2.24, 2.45) is 0 Å². The van der Waals surface area contributed by atoms with Gasteiger partial charge in [0.2, 0.25) is 0 Å². The lowest BCUT2D eigenvalue weighted by Crippen LogP contribution is -2.31. The van der Waals surface area contributed by atoms with E-state index in [-0.39, 0.29) is 13.2 Å². The summed E-state index contributed by atoms with van der Waals surface area (Å²) in [5, 5.41) is 17.8. The van der Waals surface area contributed by atoms with Gasteiger partial charge in [0.05, 0.1) is 12.7 Å². The van der Waals surface area contributed by atoms with Crippen LogP contribution >= 0.6 is 0 Å². The van der Waals surface area contributed by atoms with Gasteiger partial charge in [-0.2, -0.15) is 0 Å². The van der Waals surface area contributed by atoms with Crippen molar-refractivity contribution in [3.05, 3.63) is 29.8 Å². The Balaban J connectivity index is 2.73. The van der Waals surface area contributed by atoms with Crippen molar-refractivity contribution in [1.82, 2.24) is 0 Å². The Morgan fingerprint density at radius 1 is 1.33 bits per heavy atom. The number of likely N-dealkylation sites (N-methyl/N-ethyl adjacent to an activating group) is 1. The lowest BCUT2D eigenvalue weighted by atomic mass is 10.2. The average molecular weight is 217 g/mol. The summed E-state index contributed by atoms with van der Waals surface area (Å²) in [6, 6.07) is 3.47. The second kappa shape index (κ2) is 5.04. The summed E-state index contributed by atoms with van der Waals surface area (Å²) in [6.07, 6.45) is -0.900. The van der Waals surface area contributed by atoms with E-state index in [9.17, 15) is 8.78 Å². The van der Waals surface area contributed by atoms with Crippen LogP contribution < -0.4 is 4.90 Å². The quantitative estimate of drug-likeness (QED) is 0.782. The van der Waals surface area contributed by atoms with Crippen LogP contribution in [-0.4, -0.2) is 36.5 Å². The molecule has 0 amide bonds. The van der Waals surface area contributed by atoms with E-state index in [0.717, 1.165) is 12.1 Å². The maximum Gasteiger partial charge on any atom is 0.160 e. The topological polar surface area (TPSA) is 43.7 Å². The normalized spacial score (nSPS) is 12.6. The molecule has 0 aliphatic rings. The smallest absolute Gasteiger partial charge is 0.160 e. The number of anilines is 1. The minimum absolute atomic E-state index is 0.154. The second-order valence-corrected chi connectivity index (χ2v) is 3.32. The van der Waals surface area contributed by atoms with Crippen LogP contribution in [-0.2, 0) is 0 Å². The number of rotatable bonds is 4. The van der Waals surface area contributed by atoms with Crippen LogP contribution in [0.15, 0.2) is 18.2 Å². The van der Waals surface area contributed by atoms with Gasteiger partial charge in [-0.3, -0.25) is 0 Å². The van der Waals surface area contributed by atoms with Crippen molar-refractivity contribution in [2.75, 3.05) is 25.1 Å². The Bertz CT molecular complexity index is 333. The third-order valence-corrected chi connectivity index (χ3v) is 2.04. The second-order valence-electron chi connectivity index (χ2n) is 3.32. The van der Waals surface area contributed by atoms with Crippen molar-refractivity contribution >= 4 is 5.69 Å². The molecule has 0 spiro atoms. The van der Waals surface area contributed by atoms with Gasteiger partial charge in [-0.05, 0) is 12.1 Å². The molecule has 1 unspecified atom stereocenters. The first-order valence-electron chi connectivity index (χ1n) is 4.49. The predicted molar refractivity (Wildman–Crippen MR) is 52.7 cm³/mol. The fourth-order valence-corrected chi connectivity index (χ4v) is 1.20. The molecule has 0 fully saturated rings. The van der Waals surface area contributed by atoms with E-state index in [4.69, 9.17) is 10.2 Å². The highest BCUT2D eigenvalue weighted by molar-refractivity contribution is 5.45. The summed E-state index contributed by atoms with van der Waals surface area (Å²) in [5.74, 6) is -1.84. The van der Waals surface area contributed by atoms with Crippen LogP contribution in [0.5, 0.6) is 0 Å². The fraction of sp³-hybridized carbons (Fsp3) is 0.400. The van der Waals surface area contributed by atoms with E-state index in [0.29, 0.717) is 5.69 Å². The highest BCUT2D eigenvalue weighted by Crippen LogP contribution is 2.16. The minimum Gasteiger partial charge on any atom is -0.394 e. The first-order valence-corrected chi connectivity index (χ1v) is 4.49. The summed E-state index contributed by atoms with van der Waals surface area (Å²) in [7, 11) is 1.62. The van der Waals surface area contributed by atoms with Gasteiger partial charge in [0.15, 0.2) is 11.6 Å². The number of nitrogens with zero attached hydrogens (tertiary/aromatic N) is 1. The van der Waals surface area contributed by atoms with Gasteiger partial charge in [0.25, 0.3) is 0 Å². The Morgan fingerprint density at radius 2 is 2.00 bits per heavy atom. The van der Waals surface area contributed by atoms with Gasteiger partial charge in [0.1, 0.15) is 0 Å². The van der Waals surface area contributed by atoms with E-state index in [1.54, 1.807) is 7.05 Å². The zero-order valence-corrected chi connectivity index (χ0v) is 8.32. The Kier molecular flexibility index (Phi) is 3.99. The standard InChI is InChI=1S/C10H13F2NO2/c1-13(5-8(15)6-14)7-2-3-9(11)10(12)4-7/h2-4,8,14-15H,5-6H2,1H3. The summed E-state index contributed by atoms with van der Waals surface area (Å²) < 4.78 is 25.5. The molecule has 0 aliphatic heterocycles. The van der Waals surface area contributed by atoms with Crippen molar-refractivity contribution in [1.29, 1.82) is 0 Å². The van der Waals surface area contributed by atoms with Gasteiger partial charge < -0.3 is 15.1 Å². The Morgan fingerprint density at radius 3 is 2.53 bits per heavy atom. The molecule has 5 heteroatoms. The molecular formula is C10H13F2NO2. The molecule has 1 rings (SSSR count). The minimum atomic E-state index is -0.933. The molecule has 0 heterocycles. The van der Waals surface area contributed by atoms with Crippen LogP contribution in [0.25, 0.3) is 0 Å². The molecule has 0 saturated heterocycles. The molecule has 1 aromatic carbocycles. The van der Waals surface area contributed by atoms with Crippen LogP contribution in [0.3, 0.4) is 0 Å². The maximum atomic E-state index is 12.8. The van der Waals surface area contributed by atoms with E-state index in [1.807, 2.05) is 0 Å². The van der Waals surface area contributed by atoms with Crippen LogP contribution in [0.2, 0.25) is 0 Å². The van der Waals surface area contributed by atoms with Gasteiger partial charge in [-0.1, -0.05) is 0 Å². The molecular weight excluding hydrogens is 204 g/mol.